The van der Waals surface area contributed by atoms with Crippen LogP contribution < -0.4 is 10.1 Å². The summed E-state index contributed by atoms with van der Waals surface area (Å²) >= 11 is 0. The second-order valence-corrected chi connectivity index (χ2v) is 8.82. The van der Waals surface area contributed by atoms with E-state index < -0.39 is 10.8 Å². The number of hydrogen-bond donors (Lipinski definition) is 1. The first-order chi connectivity index (χ1) is 11.2. The Bertz CT molecular complexity index is 535. The summed E-state index contributed by atoms with van der Waals surface area (Å²) in [6, 6.07) is 8.19. The zero-order chi connectivity index (χ0) is 18.2. The monoisotopic (exact) mass is 353 g/mol. The molecule has 0 saturated heterocycles. The minimum Gasteiger partial charge on any atom is -0.494 e. The van der Waals surface area contributed by atoms with Crippen molar-refractivity contribution in [3.63, 3.8) is 0 Å². The molecular formula is C19H31NO3S. The van der Waals surface area contributed by atoms with Gasteiger partial charge in [-0.2, -0.15) is 0 Å². The number of benzene rings is 1. The minimum absolute atomic E-state index is 0.0241. The van der Waals surface area contributed by atoms with Gasteiger partial charge in [0.1, 0.15) is 5.75 Å². The van der Waals surface area contributed by atoms with Gasteiger partial charge in [0, 0.05) is 35.3 Å². The van der Waals surface area contributed by atoms with Crippen LogP contribution >= 0.6 is 0 Å². The van der Waals surface area contributed by atoms with Gasteiger partial charge in [0.05, 0.1) is 6.61 Å². The van der Waals surface area contributed by atoms with Gasteiger partial charge in [-0.15, -0.1) is 0 Å². The van der Waals surface area contributed by atoms with Crippen LogP contribution in [-0.2, 0) is 21.0 Å². The van der Waals surface area contributed by atoms with Gasteiger partial charge in [0.15, 0.2) is 0 Å². The van der Waals surface area contributed by atoms with Gasteiger partial charge in [-0.25, -0.2) is 0 Å². The maximum Gasteiger partial charge on any atom is 0.220 e. The van der Waals surface area contributed by atoms with E-state index in [2.05, 4.69) is 38.2 Å². The van der Waals surface area contributed by atoms with E-state index in [0.29, 0.717) is 25.2 Å². The lowest BCUT2D eigenvalue weighted by Gasteiger charge is -2.19. The van der Waals surface area contributed by atoms with Crippen LogP contribution in [0.1, 0.15) is 52.5 Å². The number of rotatable bonds is 9. The Kier molecular flexibility index (Phi) is 8.46. The number of carbonyl (C=O) groups is 1. The molecule has 0 spiro atoms. The molecule has 24 heavy (non-hydrogen) atoms. The van der Waals surface area contributed by atoms with Gasteiger partial charge in [-0.1, -0.05) is 32.9 Å². The largest absolute Gasteiger partial charge is 0.494 e. The quantitative estimate of drug-likeness (QED) is 0.692. The molecule has 1 aromatic carbocycles. The fraction of sp³-hybridized carbons (Fsp3) is 0.632. The molecule has 1 amide bonds. The van der Waals surface area contributed by atoms with Gasteiger partial charge in [0.25, 0.3) is 0 Å². The third-order valence-electron chi connectivity index (χ3n) is 3.78. The number of ether oxygens (including phenoxy) is 1. The number of amides is 1. The van der Waals surface area contributed by atoms with E-state index in [0.717, 1.165) is 12.2 Å². The summed E-state index contributed by atoms with van der Waals surface area (Å²) in [5.41, 5.74) is 1.41. The summed E-state index contributed by atoms with van der Waals surface area (Å²) in [4.78, 5) is 11.8. The highest BCUT2D eigenvalue weighted by Crippen LogP contribution is 2.24. The van der Waals surface area contributed by atoms with Crippen molar-refractivity contribution in [3.8, 4) is 5.75 Å². The maximum absolute atomic E-state index is 11.8. The molecule has 4 nitrogen and oxygen atoms in total. The highest BCUT2D eigenvalue weighted by Gasteiger charge is 2.13. The lowest BCUT2D eigenvalue weighted by atomic mass is 9.87. The fourth-order valence-corrected chi connectivity index (χ4v) is 2.92. The first-order valence-electron chi connectivity index (χ1n) is 8.51. The molecule has 1 N–H and O–H groups in total. The molecule has 0 saturated carbocycles. The molecular weight excluding hydrogens is 322 g/mol. The van der Waals surface area contributed by atoms with E-state index in [1.807, 2.05) is 19.1 Å². The van der Waals surface area contributed by atoms with Gasteiger partial charge in [-0.3, -0.25) is 9.00 Å². The van der Waals surface area contributed by atoms with Crippen LogP contribution in [0.3, 0.4) is 0 Å². The molecule has 0 aromatic heterocycles. The van der Waals surface area contributed by atoms with Crippen LogP contribution in [0, 0.1) is 0 Å². The standard InChI is InChI=1S/C19H31NO3S/c1-15(12-14-24(5)22)20-18(21)7-6-13-23-17-10-8-16(9-11-17)19(2,3)4/h8-11,15H,6-7,12-14H2,1-5H3,(H,20,21)/t15-,24+/m0/s1. The molecule has 0 aliphatic carbocycles. The van der Waals surface area contributed by atoms with Gasteiger partial charge in [0.2, 0.25) is 5.91 Å². The third kappa shape index (κ3) is 8.48. The lowest BCUT2D eigenvalue weighted by Crippen LogP contribution is -2.33. The molecule has 2 atom stereocenters. The van der Waals surface area contributed by atoms with Crippen molar-refractivity contribution in [2.45, 2.75) is 58.4 Å². The van der Waals surface area contributed by atoms with E-state index in [-0.39, 0.29) is 17.4 Å². The maximum atomic E-state index is 11.8. The molecule has 0 aliphatic heterocycles. The second kappa shape index (κ2) is 9.82. The van der Waals surface area contributed by atoms with Crippen LogP contribution in [0.2, 0.25) is 0 Å². The summed E-state index contributed by atoms with van der Waals surface area (Å²) in [5, 5.41) is 2.93. The molecule has 0 fully saturated rings. The SMILES string of the molecule is C[C@@H](CC[S@@](C)=O)NC(=O)CCCOc1ccc(C(C)(C)C)cc1. The third-order valence-corrected chi connectivity index (χ3v) is 4.59. The molecule has 0 bridgehead atoms. The van der Waals surface area contributed by atoms with Gasteiger partial charge >= 0.3 is 0 Å². The van der Waals surface area contributed by atoms with Gasteiger partial charge < -0.3 is 10.1 Å². The summed E-state index contributed by atoms with van der Waals surface area (Å²) < 4.78 is 16.7. The highest BCUT2D eigenvalue weighted by molar-refractivity contribution is 7.84. The molecule has 1 rings (SSSR count). The Morgan fingerprint density at radius 3 is 2.42 bits per heavy atom. The first kappa shape index (κ1) is 20.7. The number of carbonyl (C=O) groups excluding carboxylic acids is 1. The van der Waals surface area contributed by atoms with E-state index >= 15 is 0 Å². The number of nitrogens with one attached hydrogen (secondary N) is 1. The molecule has 1 aromatic rings. The average Bonchev–Trinajstić information content (AvgIpc) is 2.49. The zero-order valence-corrected chi connectivity index (χ0v) is 16.4. The Labute approximate surface area is 148 Å². The Morgan fingerprint density at radius 1 is 1.25 bits per heavy atom. The Hall–Kier alpha value is -1.36. The average molecular weight is 354 g/mol. The first-order valence-corrected chi connectivity index (χ1v) is 10.2. The van der Waals surface area contributed by atoms with Crippen molar-refractivity contribution in [2.75, 3.05) is 18.6 Å². The van der Waals surface area contributed by atoms with Crippen LogP contribution in [0.15, 0.2) is 24.3 Å². The van der Waals surface area contributed by atoms with Crippen molar-refractivity contribution in [1.29, 1.82) is 0 Å². The van der Waals surface area contributed by atoms with E-state index in [4.69, 9.17) is 4.74 Å². The zero-order valence-electron chi connectivity index (χ0n) is 15.6. The summed E-state index contributed by atoms with van der Waals surface area (Å²) in [6.45, 7) is 9.01. The van der Waals surface area contributed by atoms with Crippen molar-refractivity contribution >= 4 is 16.7 Å². The summed E-state index contributed by atoms with van der Waals surface area (Å²) in [5.74, 6) is 1.48. The highest BCUT2D eigenvalue weighted by atomic mass is 32.2. The Balaban J connectivity index is 2.23. The van der Waals surface area contributed by atoms with E-state index in [1.165, 1.54) is 5.56 Å². The minimum atomic E-state index is -0.808. The number of hydrogen-bond acceptors (Lipinski definition) is 3. The molecule has 5 heteroatoms. The van der Waals surface area contributed by atoms with Crippen molar-refractivity contribution < 1.29 is 13.7 Å². The normalized spacial score (nSPS) is 14.0. The molecule has 0 unspecified atom stereocenters. The van der Waals surface area contributed by atoms with E-state index in [1.54, 1.807) is 6.26 Å². The van der Waals surface area contributed by atoms with Crippen molar-refractivity contribution in [3.05, 3.63) is 29.8 Å². The molecule has 0 aliphatic rings. The molecule has 0 heterocycles. The predicted octanol–water partition coefficient (Wildman–Crippen LogP) is 3.42. The molecule has 0 radical (unpaired) electrons. The van der Waals surface area contributed by atoms with Gasteiger partial charge in [-0.05, 0) is 42.9 Å². The van der Waals surface area contributed by atoms with Crippen LogP contribution in [-0.4, -0.2) is 34.8 Å². The predicted molar refractivity (Wildman–Crippen MR) is 101 cm³/mol. The smallest absolute Gasteiger partial charge is 0.220 e. The van der Waals surface area contributed by atoms with Crippen molar-refractivity contribution in [1.82, 2.24) is 5.32 Å². The van der Waals surface area contributed by atoms with Crippen molar-refractivity contribution in [2.24, 2.45) is 0 Å². The van der Waals surface area contributed by atoms with Crippen LogP contribution in [0.5, 0.6) is 5.75 Å². The van der Waals surface area contributed by atoms with E-state index in [9.17, 15) is 9.00 Å². The van der Waals surface area contributed by atoms with Crippen LogP contribution in [0.4, 0.5) is 0 Å². The fourth-order valence-electron chi connectivity index (χ4n) is 2.24. The topological polar surface area (TPSA) is 55.4 Å². The Morgan fingerprint density at radius 2 is 1.88 bits per heavy atom. The van der Waals surface area contributed by atoms with Crippen LogP contribution in [0.25, 0.3) is 0 Å². The summed E-state index contributed by atoms with van der Waals surface area (Å²) in [6.07, 6.45) is 3.55. The lowest BCUT2D eigenvalue weighted by molar-refractivity contribution is -0.121. The molecule has 136 valence electrons. The summed E-state index contributed by atoms with van der Waals surface area (Å²) in [7, 11) is -0.808. The second-order valence-electron chi connectivity index (χ2n) is 7.26.